The van der Waals surface area contributed by atoms with Gasteiger partial charge in [0, 0.05) is 12.1 Å². The van der Waals surface area contributed by atoms with Crippen molar-refractivity contribution in [3.63, 3.8) is 0 Å². The van der Waals surface area contributed by atoms with Crippen LogP contribution < -0.4 is 21.5 Å². The van der Waals surface area contributed by atoms with Crippen molar-refractivity contribution < 1.29 is 30.1 Å². The van der Waals surface area contributed by atoms with Crippen LogP contribution in [0.15, 0.2) is 24.3 Å². The van der Waals surface area contributed by atoms with Crippen molar-refractivity contribution in [3.8, 4) is 0 Å². The zero-order valence-electron chi connectivity index (χ0n) is 11.1. The number of carbonyl (C=O) groups is 2. The Balaban J connectivity index is 2.48. The summed E-state index contributed by atoms with van der Waals surface area (Å²) in [5, 5.41) is 15.0. The van der Waals surface area contributed by atoms with Crippen LogP contribution in [0, 0.1) is 5.82 Å². The topological polar surface area (TPSA) is 113 Å². The number of quaternary nitrogens is 2. The van der Waals surface area contributed by atoms with Gasteiger partial charge in [0.2, 0.25) is 5.91 Å². The number of carboxylic acids is 1. The molecule has 0 fully saturated rings. The molecule has 1 aromatic carbocycles. The quantitative estimate of drug-likeness (QED) is 0.457. The molecular formula is C13H19FN3O3+. The van der Waals surface area contributed by atoms with E-state index in [0.717, 1.165) is 6.42 Å². The fraction of sp³-hybridized carbons (Fsp3) is 0.385. The van der Waals surface area contributed by atoms with Crippen LogP contribution in [0.4, 0.5) is 10.1 Å². The Morgan fingerprint density at radius 2 is 2.00 bits per heavy atom. The number of aliphatic carboxylic acids is 1. The van der Waals surface area contributed by atoms with Gasteiger partial charge in [-0.1, -0.05) is 0 Å². The average Bonchev–Trinajstić information content (AvgIpc) is 2.40. The third-order valence-electron chi connectivity index (χ3n) is 2.74. The van der Waals surface area contributed by atoms with Crippen molar-refractivity contribution in [2.75, 3.05) is 18.4 Å². The summed E-state index contributed by atoms with van der Waals surface area (Å²) in [6.45, 7) is 1.28. The van der Waals surface area contributed by atoms with Crippen LogP contribution >= 0.6 is 0 Å². The Hall–Kier alpha value is -1.99. The first-order valence-corrected chi connectivity index (χ1v) is 6.41. The van der Waals surface area contributed by atoms with Crippen molar-refractivity contribution in [3.05, 3.63) is 30.1 Å². The van der Waals surface area contributed by atoms with E-state index in [4.69, 9.17) is 0 Å². The van der Waals surface area contributed by atoms with Gasteiger partial charge in [-0.05, 0) is 24.3 Å². The first kappa shape index (κ1) is 16.1. The van der Waals surface area contributed by atoms with Gasteiger partial charge >= 0.3 is 0 Å². The number of halogens is 1. The number of hydrogen-bond acceptors (Lipinski definition) is 3. The predicted octanol–water partition coefficient (Wildman–Crippen LogP) is -2.53. The lowest BCUT2D eigenvalue weighted by atomic mass is 10.2. The maximum Gasteiger partial charge on any atom is 0.230 e. The van der Waals surface area contributed by atoms with E-state index in [1.807, 2.05) is 0 Å². The summed E-state index contributed by atoms with van der Waals surface area (Å²) in [4.78, 5) is 22.7. The molecule has 0 aliphatic carbocycles. The van der Waals surface area contributed by atoms with E-state index in [9.17, 15) is 19.1 Å². The Bertz CT molecular complexity index is 451. The van der Waals surface area contributed by atoms with Gasteiger partial charge in [0.05, 0.1) is 25.5 Å². The SMILES string of the molecule is [NH3+]CCC[NH2+][C@@H](CC(=O)Nc1ccc(F)cc1)C(=O)[O-]. The van der Waals surface area contributed by atoms with E-state index < -0.39 is 23.7 Å². The van der Waals surface area contributed by atoms with Gasteiger partial charge in [-0.2, -0.15) is 0 Å². The van der Waals surface area contributed by atoms with Crippen LogP contribution in [0.1, 0.15) is 12.8 Å². The molecule has 7 heteroatoms. The average molecular weight is 284 g/mol. The highest BCUT2D eigenvalue weighted by Crippen LogP contribution is 2.08. The van der Waals surface area contributed by atoms with E-state index in [2.05, 4.69) is 11.1 Å². The summed E-state index contributed by atoms with van der Waals surface area (Å²) in [6, 6.07) is 4.32. The number of hydrogen-bond donors (Lipinski definition) is 3. The third kappa shape index (κ3) is 5.77. The highest BCUT2D eigenvalue weighted by molar-refractivity contribution is 5.93. The van der Waals surface area contributed by atoms with Crippen molar-refractivity contribution in [2.24, 2.45) is 0 Å². The second kappa shape index (κ2) is 8.23. The van der Waals surface area contributed by atoms with Crippen LogP contribution in [-0.4, -0.2) is 31.0 Å². The highest BCUT2D eigenvalue weighted by atomic mass is 19.1. The lowest BCUT2D eigenvalue weighted by Gasteiger charge is -2.16. The van der Waals surface area contributed by atoms with E-state index in [0.29, 0.717) is 18.8 Å². The molecule has 0 saturated carbocycles. The molecule has 1 amide bonds. The molecule has 6 N–H and O–H groups in total. The van der Waals surface area contributed by atoms with Crippen LogP contribution in [0.5, 0.6) is 0 Å². The molecule has 1 rings (SSSR count). The van der Waals surface area contributed by atoms with Crippen molar-refractivity contribution in [1.29, 1.82) is 0 Å². The van der Waals surface area contributed by atoms with E-state index in [1.54, 1.807) is 5.32 Å². The van der Waals surface area contributed by atoms with E-state index in [-0.39, 0.29) is 6.42 Å². The van der Waals surface area contributed by atoms with Crippen LogP contribution in [-0.2, 0) is 9.59 Å². The molecule has 0 aliphatic heterocycles. The summed E-state index contributed by atoms with van der Waals surface area (Å²) in [5.41, 5.74) is 4.08. The van der Waals surface area contributed by atoms with Crippen molar-refractivity contribution >= 4 is 17.6 Å². The molecule has 0 spiro atoms. The molecule has 1 aromatic rings. The number of nitrogens with two attached hydrogens (primary N) is 1. The minimum atomic E-state index is -1.27. The van der Waals surface area contributed by atoms with Crippen molar-refractivity contribution in [2.45, 2.75) is 18.9 Å². The predicted molar refractivity (Wildman–Crippen MR) is 67.6 cm³/mol. The number of carbonyl (C=O) groups excluding carboxylic acids is 2. The van der Waals surface area contributed by atoms with Crippen LogP contribution in [0.3, 0.4) is 0 Å². The standard InChI is InChI=1S/C13H18FN3O3/c14-9-2-4-10(5-3-9)17-12(18)8-11(13(19)20)16-7-1-6-15/h2-5,11,16H,1,6-8,15H2,(H,17,18)(H,19,20)/p+1/t11-/m0/s1. The Morgan fingerprint density at radius 1 is 1.35 bits per heavy atom. The second-order valence-corrected chi connectivity index (χ2v) is 4.42. The zero-order valence-corrected chi connectivity index (χ0v) is 11.1. The van der Waals surface area contributed by atoms with Crippen LogP contribution in [0.25, 0.3) is 0 Å². The highest BCUT2D eigenvalue weighted by Gasteiger charge is 2.18. The molecule has 0 aliphatic rings. The summed E-state index contributed by atoms with van der Waals surface area (Å²) < 4.78 is 12.7. The second-order valence-electron chi connectivity index (χ2n) is 4.42. The zero-order chi connectivity index (χ0) is 15.0. The van der Waals surface area contributed by atoms with Gasteiger partial charge in [-0.15, -0.1) is 0 Å². The maximum absolute atomic E-state index is 12.7. The summed E-state index contributed by atoms with van der Waals surface area (Å²) in [5.74, 6) is -2.13. The molecular weight excluding hydrogens is 265 g/mol. The van der Waals surface area contributed by atoms with Gasteiger partial charge in [-0.3, -0.25) is 4.79 Å². The lowest BCUT2D eigenvalue weighted by Crippen LogP contribution is -2.93. The molecule has 6 nitrogen and oxygen atoms in total. The fourth-order valence-corrected chi connectivity index (χ4v) is 1.67. The monoisotopic (exact) mass is 284 g/mol. The molecule has 0 saturated heterocycles. The first-order valence-electron chi connectivity index (χ1n) is 6.41. The van der Waals surface area contributed by atoms with Crippen molar-refractivity contribution in [1.82, 2.24) is 0 Å². The van der Waals surface area contributed by atoms with Gasteiger partial charge in [-0.25, -0.2) is 4.39 Å². The van der Waals surface area contributed by atoms with E-state index >= 15 is 0 Å². The molecule has 0 unspecified atom stereocenters. The summed E-state index contributed by atoms with van der Waals surface area (Å²) in [7, 11) is 0. The van der Waals surface area contributed by atoms with Gasteiger partial charge in [0.15, 0.2) is 0 Å². The third-order valence-corrected chi connectivity index (χ3v) is 2.74. The Kier molecular flexibility index (Phi) is 6.61. The lowest BCUT2D eigenvalue weighted by molar-refractivity contribution is -0.684. The molecule has 110 valence electrons. The number of rotatable bonds is 8. The summed E-state index contributed by atoms with van der Waals surface area (Å²) in [6.07, 6.45) is 0.570. The number of nitrogens with one attached hydrogen (secondary N) is 1. The molecule has 0 heterocycles. The summed E-state index contributed by atoms with van der Waals surface area (Å²) >= 11 is 0. The maximum atomic E-state index is 12.7. The van der Waals surface area contributed by atoms with Gasteiger partial charge < -0.3 is 26.3 Å². The largest absolute Gasteiger partial charge is 0.544 e. The van der Waals surface area contributed by atoms with Gasteiger partial charge in [0.1, 0.15) is 11.9 Å². The number of amides is 1. The molecule has 0 radical (unpaired) electrons. The molecule has 1 atom stereocenters. The minimum Gasteiger partial charge on any atom is -0.544 e. The first-order chi connectivity index (χ1) is 9.52. The normalized spacial score (nSPS) is 11.9. The number of carboxylic acid groups (broad SMARTS) is 1. The Labute approximate surface area is 116 Å². The van der Waals surface area contributed by atoms with E-state index in [1.165, 1.54) is 24.3 Å². The smallest absolute Gasteiger partial charge is 0.230 e. The molecule has 20 heavy (non-hydrogen) atoms. The van der Waals surface area contributed by atoms with Gasteiger partial charge in [0.25, 0.3) is 0 Å². The number of benzene rings is 1. The van der Waals surface area contributed by atoms with Crippen LogP contribution in [0.2, 0.25) is 0 Å². The molecule has 0 aromatic heterocycles. The minimum absolute atomic E-state index is 0.198. The Morgan fingerprint density at radius 3 is 2.55 bits per heavy atom. The fourth-order valence-electron chi connectivity index (χ4n) is 1.67. The number of anilines is 1. The molecule has 0 bridgehead atoms.